The van der Waals surface area contributed by atoms with Gasteiger partial charge in [-0.15, -0.1) is 0 Å². The zero-order valence-corrected chi connectivity index (χ0v) is 21.2. The number of benzene rings is 2. The number of fused-ring (bicyclic) bond motifs is 1. The van der Waals surface area contributed by atoms with Crippen molar-refractivity contribution in [1.29, 1.82) is 0 Å². The van der Waals surface area contributed by atoms with Crippen molar-refractivity contribution in [3.05, 3.63) is 88.1 Å². The number of carbonyl (C=O) groups excluding carboxylic acids is 2. The predicted molar refractivity (Wildman–Crippen MR) is 140 cm³/mol. The summed E-state index contributed by atoms with van der Waals surface area (Å²) < 4.78 is 11.3. The molecule has 0 spiro atoms. The molecule has 0 radical (unpaired) electrons. The molecule has 1 aliphatic carbocycles. The summed E-state index contributed by atoms with van der Waals surface area (Å²) in [4.78, 5) is 32.5. The number of amides is 1. The third-order valence-electron chi connectivity index (χ3n) is 6.34. The Kier molecular flexibility index (Phi) is 7.13. The lowest BCUT2D eigenvalue weighted by molar-refractivity contribution is -0.136. The summed E-state index contributed by atoms with van der Waals surface area (Å²) in [6.07, 6.45) is 2.87. The van der Waals surface area contributed by atoms with Gasteiger partial charge in [0.2, 0.25) is 5.91 Å². The van der Waals surface area contributed by atoms with Crippen LogP contribution in [0.5, 0.6) is 5.75 Å². The molecule has 2 heterocycles. The molecule has 2 aromatic carbocycles. The van der Waals surface area contributed by atoms with Gasteiger partial charge in [-0.3, -0.25) is 4.79 Å². The topological polar surface area (TPSA) is 80.2 Å². The number of aliphatic imine (C=N–C) groups is 1. The van der Waals surface area contributed by atoms with Crippen LogP contribution >= 0.6 is 11.8 Å². The Morgan fingerprint density at radius 1 is 1.14 bits per heavy atom. The lowest BCUT2D eigenvalue weighted by atomic mass is 9.92. The standard InChI is InChI=1S/C28H29N3O4S/c1-3-23-25(27(33)34-2)26(19-10-7-11-22(14-19)35-16-18-8-5-4-6-9-18)31-21(17-36-28(31)30-23)15-24(32)29-20-12-13-20/h4-11,14,17,20,26H,3,12-13,15-16H2,1-2H3,(H,29,32). The van der Waals surface area contributed by atoms with Crippen LogP contribution in [-0.4, -0.2) is 35.1 Å². The quantitative estimate of drug-likeness (QED) is 0.481. The summed E-state index contributed by atoms with van der Waals surface area (Å²) in [7, 11) is 1.39. The minimum absolute atomic E-state index is 0.0193. The van der Waals surface area contributed by atoms with Gasteiger partial charge >= 0.3 is 5.97 Å². The first-order valence-electron chi connectivity index (χ1n) is 12.2. The molecule has 7 nitrogen and oxygen atoms in total. The highest BCUT2D eigenvalue weighted by atomic mass is 32.2. The molecule has 1 fully saturated rings. The van der Waals surface area contributed by atoms with E-state index in [1.807, 2.05) is 71.8 Å². The Morgan fingerprint density at radius 3 is 2.67 bits per heavy atom. The molecule has 1 unspecified atom stereocenters. The molecule has 2 aromatic rings. The van der Waals surface area contributed by atoms with Crippen molar-refractivity contribution in [2.45, 2.75) is 51.3 Å². The van der Waals surface area contributed by atoms with Gasteiger partial charge in [-0.2, -0.15) is 0 Å². The van der Waals surface area contributed by atoms with Gasteiger partial charge in [0.15, 0.2) is 5.17 Å². The maximum Gasteiger partial charge on any atom is 0.338 e. The van der Waals surface area contributed by atoms with Gasteiger partial charge < -0.3 is 19.7 Å². The molecule has 2 aliphatic heterocycles. The number of methoxy groups -OCH3 is 1. The van der Waals surface area contributed by atoms with Crippen LogP contribution in [0.3, 0.4) is 0 Å². The molecule has 0 saturated heterocycles. The number of hydrogen-bond acceptors (Lipinski definition) is 7. The molecule has 1 N–H and O–H groups in total. The molecule has 5 rings (SSSR count). The summed E-state index contributed by atoms with van der Waals surface area (Å²) >= 11 is 1.48. The van der Waals surface area contributed by atoms with Crippen LogP contribution in [0.25, 0.3) is 0 Å². The van der Waals surface area contributed by atoms with Gasteiger partial charge in [0.05, 0.1) is 30.8 Å². The average Bonchev–Trinajstić information content (AvgIpc) is 3.64. The maximum atomic E-state index is 13.1. The normalized spacial score (nSPS) is 18.8. The highest BCUT2D eigenvalue weighted by Crippen LogP contribution is 2.46. The van der Waals surface area contributed by atoms with Crippen molar-refractivity contribution >= 4 is 28.8 Å². The van der Waals surface area contributed by atoms with E-state index in [1.54, 1.807) is 0 Å². The maximum absolute atomic E-state index is 13.1. The molecule has 0 bridgehead atoms. The minimum Gasteiger partial charge on any atom is -0.489 e. The van der Waals surface area contributed by atoms with E-state index in [-0.39, 0.29) is 18.4 Å². The number of hydrogen-bond donors (Lipinski definition) is 1. The predicted octanol–water partition coefficient (Wildman–Crippen LogP) is 5.07. The minimum atomic E-state index is -0.477. The van der Waals surface area contributed by atoms with Crippen molar-refractivity contribution in [3.8, 4) is 5.75 Å². The number of ether oxygens (including phenoxy) is 2. The van der Waals surface area contributed by atoms with Crippen LogP contribution in [0.4, 0.5) is 0 Å². The zero-order chi connectivity index (χ0) is 25.1. The third-order valence-corrected chi connectivity index (χ3v) is 7.22. The smallest absolute Gasteiger partial charge is 0.338 e. The molecule has 36 heavy (non-hydrogen) atoms. The average molecular weight is 504 g/mol. The fourth-order valence-corrected chi connectivity index (χ4v) is 5.35. The number of nitrogens with zero attached hydrogens (tertiary/aromatic N) is 2. The number of rotatable bonds is 9. The molecule has 3 aliphatic rings. The summed E-state index contributed by atoms with van der Waals surface area (Å²) in [6, 6.07) is 17.5. The van der Waals surface area contributed by atoms with E-state index in [9.17, 15) is 9.59 Å². The van der Waals surface area contributed by atoms with E-state index in [4.69, 9.17) is 14.5 Å². The molecule has 186 valence electrons. The lowest BCUT2D eigenvalue weighted by Crippen LogP contribution is -2.38. The van der Waals surface area contributed by atoms with Crippen LogP contribution < -0.4 is 10.1 Å². The second kappa shape index (κ2) is 10.6. The Bertz CT molecular complexity index is 1250. The lowest BCUT2D eigenvalue weighted by Gasteiger charge is -2.36. The van der Waals surface area contributed by atoms with Gasteiger partial charge in [-0.05, 0) is 47.9 Å². The number of thioether (sulfide) groups is 1. The Labute approximate surface area is 215 Å². The molecule has 1 saturated carbocycles. The number of nitrogens with one attached hydrogen (secondary N) is 1. The molecule has 1 atom stereocenters. The second-order valence-electron chi connectivity index (χ2n) is 8.96. The van der Waals surface area contributed by atoms with E-state index in [0.717, 1.165) is 34.8 Å². The number of carbonyl (C=O) groups is 2. The monoisotopic (exact) mass is 503 g/mol. The molecular formula is C28H29N3O4S. The molecule has 8 heteroatoms. The van der Waals surface area contributed by atoms with Crippen LogP contribution in [0.1, 0.15) is 49.8 Å². The van der Waals surface area contributed by atoms with E-state index in [0.29, 0.717) is 30.0 Å². The molecule has 1 amide bonds. The van der Waals surface area contributed by atoms with Crippen LogP contribution in [-0.2, 0) is 20.9 Å². The van der Waals surface area contributed by atoms with E-state index >= 15 is 0 Å². The number of amidine groups is 1. The number of allylic oxidation sites excluding steroid dienone is 1. The first kappa shape index (κ1) is 24.2. The van der Waals surface area contributed by atoms with Gasteiger partial charge in [-0.1, -0.05) is 61.2 Å². The summed E-state index contributed by atoms with van der Waals surface area (Å²) in [6.45, 7) is 2.42. The van der Waals surface area contributed by atoms with Crippen molar-refractivity contribution in [2.24, 2.45) is 4.99 Å². The Balaban J connectivity index is 1.48. The van der Waals surface area contributed by atoms with Gasteiger partial charge in [-0.25, -0.2) is 9.79 Å². The van der Waals surface area contributed by atoms with E-state index in [1.165, 1.54) is 18.9 Å². The van der Waals surface area contributed by atoms with Gasteiger partial charge in [0, 0.05) is 11.7 Å². The highest BCUT2D eigenvalue weighted by Gasteiger charge is 2.41. The first-order valence-corrected chi connectivity index (χ1v) is 13.1. The second-order valence-corrected chi connectivity index (χ2v) is 9.80. The van der Waals surface area contributed by atoms with Crippen molar-refractivity contribution in [1.82, 2.24) is 10.2 Å². The zero-order valence-electron chi connectivity index (χ0n) is 20.4. The largest absolute Gasteiger partial charge is 0.489 e. The Hall–Kier alpha value is -3.52. The summed E-state index contributed by atoms with van der Waals surface area (Å²) in [5.74, 6) is 0.259. The SMILES string of the molecule is CCC1=C(C(=O)OC)C(c2cccc(OCc3ccccc3)c2)N2C(CC(=O)NC3CC3)=CSC2=N1. The van der Waals surface area contributed by atoms with Crippen molar-refractivity contribution in [2.75, 3.05) is 7.11 Å². The van der Waals surface area contributed by atoms with Crippen molar-refractivity contribution < 1.29 is 19.1 Å². The highest BCUT2D eigenvalue weighted by molar-refractivity contribution is 8.16. The van der Waals surface area contributed by atoms with Crippen LogP contribution in [0, 0.1) is 0 Å². The van der Waals surface area contributed by atoms with Crippen molar-refractivity contribution in [3.63, 3.8) is 0 Å². The third kappa shape index (κ3) is 5.18. The number of esters is 1. The van der Waals surface area contributed by atoms with Crippen LogP contribution in [0.15, 0.2) is 82.0 Å². The molecular weight excluding hydrogens is 474 g/mol. The summed E-state index contributed by atoms with van der Waals surface area (Å²) in [5, 5.41) is 5.78. The van der Waals surface area contributed by atoms with Gasteiger partial charge in [0.25, 0.3) is 0 Å². The molecule has 0 aromatic heterocycles. The fourth-order valence-electron chi connectivity index (χ4n) is 4.41. The fraction of sp³-hybridized carbons (Fsp3) is 0.321. The van der Waals surface area contributed by atoms with Crippen LogP contribution in [0.2, 0.25) is 0 Å². The van der Waals surface area contributed by atoms with E-state index < -0.39 is 12.0 Å². The van der Waals surface area contributed by atoms with Gasteiger partial charge in [0.1, 0.15) is 12.4 Å². The Morgan fingerprint density at radius 2 is 1.94 bits per heavy atom. The first-order chi connectivity index (χ1) is 17.6. The van der Waals surface area contributed by atoms with E-state index in [2.05, 4.69) is 5.32 Å². The summed E-state index contributed by atoms with van der Waals surface area (Å²) in [5.41, 5.74) is 3.93.